The lowest BCUT2D eigenvalue weighted by Crippen LogP contribution is -2.64. The van der Waals surface area contributed by atoms with Crippen molar-refractivity contribution in [2.24, 2.45) is 5.92 Å². The van der Waals surface area contributed by atoms with Crippen LogP contribution in [0.1, 0.15) is 41.0 Å². The van der Waals surface area contributed by atoms with E-state index in [2.05, 4.69) is 63.8 Å². The standard InChI is InChI=1S/C15H33N3/c1-12(2)14-10-16-15(4,5)11-18(14)13(3)8-9-17(6)7/h12-14,16H,8-11H2,1-7H3. The Labute approximate surface area is 114 Å². The summed E-state index contributed by atoms with van der Waals surface area (Å²) in [4.78, 5) is 5.01. The second-order valence-corrected chi connectivity index (χ2v) is 7.19. The van der Waals surface area contributed by atoms with Gasteiger partial charge in [0, 0.05) is 30.7 Å². The van der Waals surface area contributed by atoms with Gasteiger partial charge in [-0.1, -0.05) is 13.8 Å². The predicted molar refractivity (Wildman–Crippen MR) is 80.0 cm³/mol. The Morgan fingerprint density at radius 2 is 1.89 bits per heavy atom. The fourth-order valence-electron chi connectivity index (χ4n) is 2.84. The fourth-order valence-corrected chi connectivity index (χ4v) is 2.84. The molecule has 0 aliphatic carbocycles. The van der Waals surface area contributed by atoms with Crippen LogP contribution in [-0.4, -0.2) is 61.2 Å². The molecule has 18 heavy (non-hydrogen) atoms. The van der Waals surface area contributed by atoms with E-state index in [1.54, 1.807) is 0 Å². The second kappa shape index (κ2) is 6.36. The summed E-state index contributed by atoms with van der Waals surface area (Å²) in [6.45, 7) is 15.2. The summed E-state index contributed by atoms with van der Waals surface area (Å²) < 4.78 is 0. The number of hydrogen-bond acceptors (Lipinski definition) is 3. The van der Waals surface area contributed by atoms with Gasteiger partial charge in [-0.05, 0) is 53.8 Å². The van der Waals surface area contributed by atoms with Crippen molar-refractivity contribution in [3.05, 3.63) is 0 Å². The Morgan fingerprint density at radius 1 is 1.28 bits per heavy atom. The number of hydrogen-bond donors (Lipinski definition) is 1. The van der Waals surface area contributed by atoms with Crippen LogP contribution in [0.3, 0.4) is 0 Å². The van der Waals surface area contributed by atoms with E-state index < -0.39 is 0 Å². The minimum atomic E-state index is 0.248. The van der Waals surface area contributed by atoms with Crippen LogP contribution in [0.15, 0.2) is 0 Å². The molecule has 1 aliphatic rings. The number of nitrogens with one attached hydrogen (secondary N) is 1. The minimum Gasteiger partial charge on any atom is -0.309 e. The summed E-state index contributed by atoms with van der Waals surface area (Å²) in [5.74, 6) is 0.718. The van der Waals surface area contributed by atoms with E-state index in [9.17, 15) is 0 Å². The molecule has 3 nitrogen and oxygen atoms in total. The average molecular weight is 255 g/mol. The van der Waals surface area contributed by atoms with Gasteiger partial charge >= 0.3 is 0 Å². The molecule has 3 heteroatoms. The van der Waals surface area contributed by atoms with E-state index in [-0.39, 0.29) is 5.54 Å². The molecule has 0 aromatic rings. The lowest BCUT2D eigenvalue weighted by atomic mass is 9.91. The van der Waals surface area contributed by atoms with Crippen molar-refractivity contribution >= 4 is 0 Å². The second-order valence-electron chi connectivity index (χ2n) is 7.19. The van der Waals surface area contributed by atoms with Crippen LogP contribution in [0.5, 0.6) is 0 Å². The number of nitrogens with zero attached hydrogens (tertiary/aromatic N) is 2. The van der Waals surface area contributed by atoms with Gasteiger partial charge < -0.3 is 10.2 Å². The summed E-state index contributed by atoms with van der Waals surface area (Å²) in [5.41, 5.74) is 0.248. The zero-order valence-corrected chi connectivity index (χ0v) is 13.5. The summed E-state index contributed by atoms with van der Waals surface area (Å²) >= 11 is 0. The maximum atomic E-state index is 3.69. The van der Waals surface area contributed by atoms with Gasteiger partial charge in [0.25, 0.3) is 0 Å². The number of piperazine rings is 1. The predicted octanol–water partition coefficient (Wildman–Crippen LogP) is 2.04. The zero-order chi connectivity index (χ0) is 13.9. The first-order chi connectivity index (χ1) is 8.23. The lowest BCUT2D eigenvalue weighted by molar-refractivity contribution is 0.0326. The first kappa shape index (κ1) is 15.9. The van der Waals surface area contributed by atoms with E-state index in [1.807, 2.05) is 0 Å². The molecule has 2 unspecified atom stereocenters. The highest BCUT2D eigenvalue weighted by Gasteiger charge is 2.35. The van der Waals surface area contributed by atoms with Gasteiger partial charge in [0.15, 0.2) is 0 Å². The van der Waals surface area contributed by atoms with Crippen LogP contribution in [0.2, 0.25) is 0 Å². The van der Waals surface area contributed by atoms with E-state index in [4.69, 9.17) is 0 Å². The van der Waals surface area contributed by atoms with E-state index >= 15 is 0 Å². The molecule has 2 atom stereocenters. The summed E-state index contributed by atoms with van der Waals surface area (Å²) in [6.07, 6.45) is 1.26. The van der Waals surface area contributed by atoms with Crippen molar-refractivity contribution in [3.8, 4) is 0 Å². The quantitative estimate of drug-likeness (QED) is 0.811. The Balaban J connectivity index is 2.65. The summed E-state index contributed by atoms with van der Waals surface area (Å²) in [6, 6.07) is 1.34. The van der Waals surface area contributed by atoms with Crippen molar-refractivity contribution in [3.63, 3.8) is 0 Å². The van der Waals surface area contributed by atoms with Crippen LogP contribution in [0.25, 0.3) is 0 Å². The molecule has 0 amide bonds. The van der Waals surface area contributed by atoms with Crippen molar-refractivity contribution in [2.75, 3.05) is 33.7 Å². The van der Waals surface area contributed by atoms with Crippen LogP contribution in [-0.2, 0) is 0 Å². The van der Waals surface area contributed by atoms with Crippen LogP contribution in [0, 0.1) is 5.92 Å². The van der Waals surface area contributed by atoms with Gasteiger partial charge in [0.1, 0.15) is 0 Å². The Kier molecular flexibility index (Phi) is 5.63. The molecule has 1 rings (SSSR count). The molecule has 0 aromatic carbocycles. The number of rotatable bonds is 5. The molecule has 0 aromatic heterocycles. The molecule has 108 valence electrons. The van der Waals surface area contributed by atoms with Crippen LogP contribution in [0.4, 0.5) is 0 Å². The zero-order valence-electron chi connectivity index (χ0n) is 13.5. The van der Waals surface area contributed by atoms with Gasteiger partial charge in [0.05, 0.1) is 0 Å². The molecule has 0 spiro atoms. The van der Waals surface area contributed by atoms with E-state index in [0.717, 1.165) is 19.0 Å². The smallest absolute Gasteiger partial charge is 0.0253 e. The minimum absolute atomic E-state index is 0.248. The third-order valence-electron chi connectivity index (χ3n) is 4.12. The van der Waals surface area contributed by atoms with Gasteiger partial charge in [-0.2, -0.15) is 0 Å². The molecular formula is C15H33N3. The highest BCUT2D eigenvalue weighted by Crippen LogP contribution is 2.23. The Morgan fingerprint density at radius 3 is 2.39 bits per heavy atom. The molecule has 0 saturated carbocycles. The lowest BCUT2D eigenvalue weighted by Gasteiger charge is -2.49. The molecule has 1 aliphatic heterocycles. The first-order valence-electron chi connectivity index (χ1n) is 7.38. The van der Waals surface area contributed by atoms with Gasteiger partial charge in [0.2, 0.25) is 0 Å². The molecule has 1 heterocycles. The van der Waals surface area contributed by atoms with Crippen molar-refractivity contribution in [2.45, 2.75) is 58.7 Å². The fraction of sp³-hybridized carbons (Fsp3) is 1.00. The largest absolute Gasteiger partial charge is 0.309 e. The van der Waals surface area contributed by atoms with Gasteiger partial charge in [-0.25, -0.2) is 0 Å². The molecule has 1 N–H and O–H groups in total. The SMILES string of the molecule is CC(C)C1CNC(C)(C)CN1C(C)CCN(C)C. The normalized spacial score (nSPS) is 26.8. The van der Waals surface area contributed by atoms with Crippen molar-refractivity contribution in [1.82, 2.24) is 15.1 Å². The highest BCUT2D eigenvalue weighted by molar-refractivity contribution is 4.95. The average Bonchev–Trinajstić information content (AvgIpc) is 2.23. The molecular weight excluding hydrogens is 222 g/mol. The summed E-state index contributed by atoms with van der Waals surface area (Å²) in [7, 11) is 4.32. The topological polar surface area (TPSA) is 18.5 Å². The van der Waals surface area contributed by atoms with Crippen LogP contribution >= 0.6 is 0 Å². The maximum Gasteiger partial charge on any atom is 0.0253 e. The Hall–Kier alpha value is -0.120. The third kappa shape index (κ3) is 4.52. The van der Waals surface area contributed by atoms with E-state index in [0.29, 0.717) is 12.1 Å². The highest BCUT2D eigenvalue weighted by atomic mass is 15.3. The molecule has 0 bridgehead atoms. The van der Waals surface area contributed by atoms with Crippen molar-refractivity contribution in [1.29, 1.82) is 0 Å². The monoisotopic (exact) mass is 255 g/mol. The molecule has 1 saturated heterocycles. The summed E-state index contributed by atoms with van der Waals surface area (Å²) in [5, 5.41) is 3.69. The van der Waals surface area contributed by atoms with Crippen molar-refractivity contribution < 1.29 is 0 Å². The molecule has 1 fully saturated rings. The van der Waals surface area contributed by atoms with E-state index in [1.165, 1.54) is 13.0 Å². The van der Waals surface area contributed by atoms with Gasteiger partial charge in [-0.3, -0.25) is 4.90 Å². The third-order valence-corrected chi connectivity index (χ3v) is 4.12. The first-order valence-corrected chi connectivity index (χ1v) is 7.38. The molecule has 0 radical (unpaired) electrons. The maximum absolute atomic E-state index is 3.69. The van der Waals surface area contributed by atoms with Gasteiger partial charge in [-0.15, -0.1) is 0 Å². The Bertz CT molecular complexity index is 248. The van der Waals surface area contributed by atoms with Crippen LogP contribution < -0.4 is 5.32 Å².